The van der Waals surface area contributed by atoms with Gasteiger partial charge in [0.25, 0.3) is 11.5 Å². The summed E-state index contributed by atoms with van der Waals surface area (Å²) in [6.45, 7) is 6.79. The second kappa shape index (κ2) is 8.57. The van der Waals surface area contributed by atoms with Crippen LogP contribution in [-0.2, 0) is 24.4 Å². The fraction of sp³-hybridized carbons (Fsp3) is 0.529. The Morgan fingerprint density at radius 2 is 2.20 bits per heavy atom. The normalized spacial score (nSPS) is 11.1. The van der Waals surface area contributed by atoms with Gasteiger partial charge in [-0.3, -0.25) is 9.59 Å². The van der Waals surface area contributed by atoms with Crippen LogP contribution in [0, 0.1) is 12.8 Å². The maximum Gasteiger partial charge on any atom is 0.263 e. The maximum atomic E-state index is 12.6. The number of rotatable bonds is 8. The summed E-state index contributed by atoms with van der Waals surface area (Å²) in [5.74, 6) is 0.685. The van der Waals surface area contributed by atoms with Crippen LogP contribution in [0.1, 0.15) is 47.9 Å². The molecule has 0 saturated heterocycles. The topological polar surface area (TPSA) is 99.3 Å². The average molecular weight is 348 g/mol. The Kier molecular flexibility index (Phi) is 6.46. The van der Waals surface area contributed by atoms with Gasteiger partial charge in [0.15, 0.2) is 5.82 Å². The molecule has 0 spiro atoms. The zero-order valence-electron chi connectivity index (χ0n) is 15.0. The van der Waals surface area contributed by atoms with Crippen LogP contribution in [0.15, 0.2) is 21.6 Å². The third-order valence-electron chi connectivity index (χ3n) is 3.73. The van der Waals surface area contributed by atoms with Crippen molar-refractivity contribution in [3.05, 3.63) is 45.5 Å². The van der Waals surface area contributed by atoms with Crippen molar-refractivity contribution in [1.29, 1.82) is 0 Å². The molecule has 0 aliphatic rings. The molecule has 0 fully saturated rings. The zero-order chi connectivity index (χ0) is 18.4. The first kappa shape index (κ1) is 18.9. The van der Waals surface area contributed by atoms with Crippen molar-refractivity contribution in [3.63, 3.8) is 0 Å². The first-order valence-electron chi connectivity index (χ1n) is 8.21. The summed E-state index contributed by atoms with van der Waals surface area (Å²) >= 11 is 0. The Bertz CT molecular complexity index is 779. The number of nitrogens with one attached hydrogen (secondary N) is 1. The van der Waals surface area contributed by atoms with Gasteiger partial charge in [-0.1, -0.05) is 19.0 Å². The van der Waals surface area contributed by atoms with E-state index in [-0.39, 0.29) is 30.2 Å². The largest absolute Gasteiger partial charge is 0.377 e. The van der Waals surface area contributed by atoms with E-state index in [1.807, 2.05) is 0 Å². The van der Waals surface area contributed by atoms with Crippen LogP contribution in [0.5, 0.6) is 0 Å². The molecular weight excluding hydrogens is 324 g/mol. The molecular formula is C17H24N4O4. The van der Waals surface area contributed by atoms with Gasteiger partial charge in [0.2, 0.25) is 5.89 Å². The lowest BCUT2D eigenvalue weighted by Crippen LogP contribution is -2.34. The highest BCUT2D eigenvalue weighted by molar-refractivity contribution is 5.95. The molecule has 0 unspecified atom stereocenters. The number of hydrogen-bond acceptors (Lipinski definition) is 6. The van der Waals surface area contributed by atoms with Crippen LogP contribution < -0.4 is 10.9 Å². The molecule has 8 heteroatoms. The minimum Gasteiger partial charge on any atom is -0.377 e. The number of carbonyl (C=O) groups excluding carboxylic acids is 1. The van der Waals surface area contributed by atoms with E-state index in [9.17, 15) is 9.59 Å². The fourth-order valence-electron chi connectivity index (χ4n) is 2.31. The second-order valence-corrected chi connectivity index (χ2v) is 6.27. The van der Waals surface area contributed by atoms with Gasteiger partial charge in [0.05, 0.1) is 6.54 Å². The van der Waals surface area contributed by atoms with E-state index in [1.165, 1.54) is 7.11 Å². The standard InChI is InChI=1S/C17H24N4O4/c1-11(2)5-7-21-8-6-12(3)15(17(21)23)16(22)18-9-14-19-13(10-24-4)20-25-14/h6,8,11H,5,7,9-10H2,1-4H3,(H,18,22). The van der Waals surface area contributed by atoms with Crippen LogP contribution in [0.3, 0.4) is 0 Å². The lowest BCUT2D eigenvalue weighted by atomic mass is 10.1. The number of nitrogens with zero attached hydrogens (tertiary/aromatic N) is 3. The summed E-state index contributed by atoms with van der Waals surface area (Å²) in [4.78, 5) is 29.1. The number of methoxy groups -OCH3 is 1. The van der Waals surface area contributed by atoms with Gasteiger partial charge in [-0.25, -0.2) is 0 Å². The van der Waals surface area contributed by atoms with Gasteiger partial charge in [0.1, 0.15) is 12.2 Å². The molecule has 2 aromatic rings. The van der Waals surface area contributed by atoms with Crippen molar-refractivity contribution in [2.45, 2.75) is 46.9 Å². The summed E-state index contributed by atoms with van der Waals surface area (Å²) in [5.41, 5.74) is 0.487. The Hall–Kier alpha value is -2.48. The molecule has 0 aliphatic carbocycles. The molecule has 0 atom stereocenters. The van der Waals surface area contributed by atoms with E-state index in [2.05, 4.69) is 29.3 Å². The van der Waals surface area contributed by atoms with Gasteiger partial charge in [-0.05, 0) is 30.9 Å². The van der Waals surface area contributed by atoms with E-state index in [0.717, 1.165) is 6.42 Å². The smallest absolute Gasteiger partial charge is 0.263 e. The molecule has 0 aromatic carbocycles. The summed E-state index contributed by atoms with van der Waals surface area (Å²) in [5, 5.41) is 6.37. The second-order valence-electron chi connectivity index (χ2n) is 6.27. The van der Waals surface area contributed by atoms with Crippen molar-refractivity contribution in [2.24, 2.45) is 5.92 Å². The number of aromatic nitrogens is 3. The van der Waals surface area contributed by atoms with Gasteiger partial charge >= 0.3 is 0 Å². The first-order chi connectivity index (χ1) is 11.9. The third kappa shape index (κ3) is 4.99. The van der Waals surface area contributed by atoms with Crippen molar-refractivity contribution >= 4 is 5.91 Å². The van der Waals surface area contributed by atoms with Crippen LogP contribution in [0.25, 0.3) is 0 Å². The Morgan fingerprint density at radius 1 is 1.44 bits per heavy atom. The molecule has 0 radical (unpaired) electrons. The van der Waals surface area contributed by atoms with Gasteiger partial charge < -0.3 is 19.1 Å². The highest BCUT2D eigenvalue weighted by Gasteiger charge is 2.17. The summed E-state index contributed by atoms with van der Waals surface area (Å²) < 4.78 is 11.5. The highest BCUT2D eigenvalue weighted by atomic mass is 16.5. The van der Waals surface area contributed by atoms with Crippen LogP contribution in [-0.4, -0.2) is 27.7 Å². The predicted molar refractivity (Wildman–Crippen MR) is 91.1 cm³/mol. The quantitative estimate of drug-likeness (QED) is 0.779. The minimum atomic E-state index is -0.451. The lowest BCUT2D eigenvalue weighted by Gasteiger charge is -2.11. The molecule has 8 nitrogen and oxygen atoms in total. The molecule has 1 amide bonds. The van der Waals surface area contributed by atoms with Gasteiger partial charge in [-0.2, -0.15) is 4.98 Å². The molecule has 2 heterocycles. The average Bonchev–Trinajstić information content (AvgIpc) is 3.00. The van der Waals surface area contributed by atoms with Crippen molar-refractivity contribution in [1.82, 2.24) is 20.0 Å². The van der Waals surface area contributed by atoms with E-state index in [0.29, 0.717) is 23.9 Å². The van der Waals surface area contributed by atoms with Gasteiger partial charge in [-0.15, -0.1) is 0 Å². The van der Waals surface area contributed by atoms with E-state index in [1.54, 1.807) is 23.8 Å². The molecule has 136 valence electrons. The lowest BCUT2D eigenvalue weighted by molar-refractivity contribution is 0.0943. The first-order valence-corrected chi connectivity index (χ1v) is 8.21. The van der Waals surface area contributed by atoms with Crippen molar-refractivity contribution < 1.29 is 14.1 Å². The number of pyridine rings is 1. The summed E-state index contributed by atoms with van der Waals surface area (Å²) in [6.07, 6.45) is 2.60. The molecule has 0 saturated carbocycles. The fourth-order valence-corrected chi connectivity index (χ4v) is 2.31. The maximum absolute atomic E-state index is 12.6. The van der Waals surface area contributed by atoms with Crippen LogP contribution in [0.2, 0.25) is 0 Å². The summed E-state index contributed by atoms with van der Waals surface area (Å²) in [6, 6.07) is 1.78. The third-order valence-corrected chi connectivity index (χ3v) is 3.73. The van der Waals surface area contributed by atoms with Crippen molar-refractivity contribution in [2.75, 3.05) is 7.11 Å². The van der Waals surface area contributed by atoms with E-state index < -0.39 is 5.91 Å². The number of ether oxygens (including phenoxy) is 1. The number of hydrogen-bond donors (Lipinski definition) is 1. The Balaban J connectivity index is 2.09. The molecule has 0 bridgehead atoms. The molecule has 2 rings (SSSR count). The monoisotopic (exact) mass is 348 g/mol. The highest BCUT2D eigenvalue weighted by Crippen LogP contribution is 2.06. The van der Waals surface area contributed by atoms with E-state index in [4.69, 9.17) is 9.26 Å². The zero-order valence-corrected chi connectivity index (χ0v) is 15.0. The number of amides is 1. The minimum absolute atomic E-state index is 0.0509. The molecule has 25 heavy (non-hydrogen) atoms. The molecule has 0 aliphatic heterocycles. The van der Waals surface area contributed by atoms with Crippen LogP contribution in [0.4, 0.5) is 0 Å². The van der Waals surface area contributed by atoms with Crippen LogP contribution >= 0.6 is 0 Å². The van der Waals surface area contributed by atoms with E-state index >= 15 is 0 Å². The van der Waals surface area contributed by atoms with Crippen molar-refractivity contribution in [3.8, 4) is 0 Å². The predicted octanol–water partition coefficient (Wildman–Crippen LogP) is 1.66. The number of aryl methyl sites for hydroxylation is 2. The molecule has 2 aromatic heterocycles. The number of carbonyl (C=O) groups is 1. The Labute approximate surface area is 146 Å². The Morgan fingerprint density at radius 3 is 2.88 bits per heavy atom. The molecule has 1 N–H and O–H groups in total. The van der Waals surface area contributed by atoms with Gasteiger partial charge in [0, 0.05) is 19.9 Å². The summed E-state index contributed by atoms with van der Waals surface area (Å²) in [7, 11) is 1.53. The SMILES string of the molecule is COCc1noc(CNC(=O)c2c(C)ccn(CCC(C)C)c2=O)n1.